The van der Waals surface area contributed by atoms with E-state index in [9.17, 15) is 0 Å². The summed E-state index contributed by atoms with van der Waals surface area (Å²) in [6, 6.07) is 0. The van der Waals surface area contributed by atoms with E-state index in [0.717, 1.165) is 0 Å². The minimum atomic E-state index is 0.611. The predicted octanol–water partition coefficient (Wildman–Crippen LogP) is 1.59. The number of fused-ring (bicyclic) bond motifs is 1. The Hall–Kier alpha value is -0.700. The summed E-state index contributed by atoms with van der Waals surface area (Å²) >= 11 is 0. The molecule has 2 bridgehead atoms. The standard InChI is InChI=1S/C8H8/c1-2-8-5-3-7(1)4-6-8/h1-2,7-8H,3,5H2. The molecular formula is C8H8. The Bertz CT molecular complexity index is 160. The highest BCUT2D eigenvalue weighted by Gasteiger charge is 2.15. The zero-order chi connectivity index (χ0) is 5.40. The fourth-order valence-electron chi connectivity index (χ4n) is 1.27. The fraction of sp³-hybridized carbons (Fsp3) is 0.500. The van der Waals surface area contributed by atoms with Crippen molar-refractivity contribution in [2.75, 3.05) is 0 Å². The molecule has 40 valence electrons. The molecule has 0 saturated carbocycles. The van der Waals surface area contributed by atoms with Crippen molar-refractivity contribution in [3.63, 3.8) is 0 Å². The van der Waals surface area contributed by atoms with E-state index in [1.807, 2.05) is 0 Å². The van der Waals surface area contributed by atoms with Gasteiger partial charge in [-0.05, 0) is 12.8 Å². The van der Waals surface area contributed by atoms with Crippen LogP contribution in [0.4, 0.5) is 0 Å². The third-order valence-corrected chi connectivity index (χ3v) is 1.82. The highest BCUT2D eigenvalue weighted by Crippen LogP contribution is 2.24. The van der Waals surface area contributed by atoms with Gasteiger partial charge in [-0.2, -0.15) is 0 Å². The van der Waals surface area contributed by atoms with Crippen LogP contribution in [-0.4, -0.2) is 0 Å². The van der Waals surface area contributed by atoms with E-state index in [4.69, 9.17) is 0 Å². The molecule has 8 heavy (non-hydrogen) atoms. The van der Waals surface area contributed by atoms with Gasteiger partial charge in [0, 0.05) is 11.8 Å². The van der Waals surface area contributed by atoms with Crippen molar-refractivity contribution < 1.29 is 0 Å². The molecule has 0 nitrogen and oxygen atoms in total. The van der Waals surface area contributed by atoms with E-state index in [1.165, 1.54) is 12.8 Å². The lowest BCUT2D eigenvalue weighted by molar-refractivity contribution is 0.563. The van der Waals surface area contributed by atoms with Gasteiger partial charge in [0.1, 0.15) is 0 Å². The first-order valence-corrected chi connectivity index (χ1v) is 3.14. The average molecular weight is 104 g/mol. The van der Waals surface area contributed by atoms with Gasteiger partial charge in [-0.3, -0.25) is 0 Å². The molecule has 0 aromatic heterocycles. The normalized spacial score (nSPS) is 39.0. The van der Waals surface area contributed by atoms with Crippen molar-refractivity contribution in [1.82, 2.24) is 0 Å². The molecule has 0 spiro atoms. The molecule has 0 fully saturated rings. The molecule has 0 radical (unpaired) electrons. The van der Waals surface area contributed by atoms with Gasteiger partial charge in [-0.25, -0.2) is 0 Å². The second kappa shape index (κ2) is 1.39. The first-order chi connectivity index (χ1) is 3.95. The second-order valence-electron chi connectivity index (χ2n) is 2.46. The molecule has 0 aliphatic heterocycles. The molecule has 3 rings (SSSR count). The molecule has 2 atom stereocenters. The number of allylic oxidation sites excluding steroid dienone is 2. The highest BCUT2D eigenvalue weighted by atomic mass is 14.2. The van der Waals surface area contributed by atoms with Crippen LogP contribution in [0.25, 0.3) is 0 Å². The topological polar surface area (TPSA) is 0 Å². The van der Waals surface area contributed by atoms with Gasteiger partial charge in [0.25, 0.3) is 0 Å². The van der Waals surface area contributed by atoms with Crippen LogP contribution >= 0.6 is 0 Å². The lowest BCUT2D eigenvalue weighted by Crippen LogP contribution is -2.10. The molecule has 0 heteroatoms. The van der Waals surface area contributed by atoms with Crippen LogP contribution in [0.5, 0.6) is 0 Å². The number of hydrogen-bond acceptors (Lipinski definition) is 0. The zero-order valence-electron chi connectivity index (χ0n) is 4.72. The van der Waals surface area contributed by atoms with E-state index >= 15 is 0 Å². The van der Waals surface area contributed by atoms with Crippen LogP contribution in [0.1, 0.15) is 12.8 Å². The number of rotatable bonds is 0. The third-order valence-electron chi connectivity index (χ3n) is 1.82. The molecule has 0 amide bonds. The van der Waals surface area contributed by atoms with Crippen molar-refractivity contribution in [2.24, 2.45) is 11.8 Å². The third kappa shape index (κ3) is 0.479. The van der Waals surface area contributed by atoms with Gasteiger partial charge in [0.05, 0.1) is 0 Å². The second-order valence-corrected chi connectivity index (χ2v) is 2.46. The first-order valence-electron chi connectivity index (χ1n) is 3.14. The predicted molar refractivity (Wildman–Crippen MR) is 33.1 cm³/mol. The van der Waals surface area contributed by atoms with Crippen molar-refractivity contribution in [1.29, 1.82) is 0 Å². The van der Waals surface area contributed by atoms with Crippen LogP contribution in [0.15, 0.2) is 12.2 Å². The summed E-state index contributed by atoms with van der Waals surface area (Å²) in [7, 11) is 0. The maximum absolute atomic E-state index is 3.18. The molecule has 0 aromatic rings. The van der Waals surface area contributed by atoms with E-state index in [0.29, 0.717) is 11.8 Å². The summed E-state index contributed by atoms with van der Waals surface area (Å²) in [5.74, 6) is 7.59. The van der Waals surface area contributed by atoms with Crippen LogP contribution < -0.4 is 0 Å². The number of hydrogen-bond donors (Lipinski definition) is 0. The van der Waals surface area contributed by atoms with Crippen LogP contribution in [0, 0.1) is 23.7 Å². The quantitative estimate of drug-likeness (QED) is 0.323. The van der Waals surface area contributed by atoms with Crippen LogP contribution in [-0.2, 0) is 0 Å². The molecule has 2 unspecified atom stereocenters. The van der Waals surface area contributed by atoms with E-state index in [-0.39, 0.29) is 0 Å². The summed E-state index contributed by atoms with van der Waals surface area (Å²) in [6.07, 6.45) is 7.08. The van der Waals surface area contributed by atoms with Crippen LogP contribution in [0.3, 0.4) is 0 Å². The zero-order valence-corrected chi connectivity index (χ0v) is 4.72. The lowest BCUT2D eigenvalue weighted by atomic mass is 9.84. The molecule has 0 saturated heterocycles. The van der Waals surface area contributed by atoms with Gasteiger partial charge in [0.15, 0.2) is 0 Å². The fourth-order valence-corrected chi connectivity index (χ4v) is 1.27. The van der Waals surface area contributed by atoms with Gasteiger partial charge < -0.3 is 0 Å². The SMILES string of the molecule is C1#CC2C=CC1CC2. The van der Waals surface area contributed by atoms with Crippen molar-refractivity contribution >= 4 is 0 Å². The summed E-state index contributed by atoms with van der Waals surface area (Å²) in [5, 5.41) is 0. The summed E-state index contributed by atoms with van der Waals surface area (Å²) in [4.78, 5) is 0. The molecule has 3 aliphatic rings. The summed E-state index contributed by atoms with van der Waals surface area (Å²) in [5.41, 5.74) is 0. The van der Waals surface area contributed by atoms with Gasteiger partial charge in [0.2, 0.25) is 0 Å². The maximum atomic E-state index is 3.18. The minimum Gasteiger partial charge on any atom is -0.0951 e. The van der Waals surface area contributed by atoms with Crippen molar-refractivity contribution in [3.8, 4) is 11.8 Å². The maximum Gasteiger partial charge on any atom is 0.0383 e. The van der Waals surface area contributed by atoms with Crippen molar-refractivity contribution in [2.45, 2.75) is 12.8 Å². The van der Waals surface area contributed by atoms with Gasteiger partial charge in [-0.1, -0.05) is 24.0 Å². The van der Waals surface area contributed by atoms with Crippen molar-refractivity contribution in [3.05, 3.63) is 12.2 Å². The van der Waals surface area contributed by atoms with Crippen LogP contribution in [0.2, 0.25) is 0 Å². The molecule has 3 aliphatic carbocycles. The van der Waals surface area contributed by atoms with E-state index in [1.54, 1.807) is 0 Å². The monoisotopic (exact) mass is 104 g/mol. The molecule has 0 N–H and O–H groups in total. The molecule has 0 aromatic carbocycles. The largest absolute Gasteiger partial charge is 0.0951 e. The Morgan fingerprint density at radius 1 is 1.00 bits per heavy atom. The first kappa shape index (κ1) is 4.21. The summed E-state index contributed by atoms with van der Waals surface area (Å²) in [6.45, 7) is 0. The van der Waals surface area contributed by atoms with E-state index in [2.05, 4.69) is 24.0 Å². The Kier molecular flexibility index (Phi) is 0.729. The Balaban J connectivity index is 2.38. The highest BCUT2D eigenvalue weighted by molar-refractivity contribution is 5.25. The van der Waals surface area contributed by atoms with E-state index < -0.39 is 0 Å². The average Bonchev–Trinajstić information content (AvgIpc) is 1.92. The molecular weight excluding hydrogens is 96.1 g/mol. The van der Waals surface area contributed by atoms with Gasteiger partial charge >= 0.3 is 0 Å². The Labute approximate surface area is 49.6 Å². The van der Waals surface area contributed by atoms with Gasteiger partial charge in [-0.15, -0.1) is 0 Å². The summed E-state index contributed by atoms with van der Waals surface area (Å²) < 4.78 is 0. The lowest BCUT2D eigenvalue weighted by Gasteiger charge is -2.19. The Morgan fingerprint density at radius 2 is 1.50 bits per heavy atom. The Morgan fingerprint density at radius 3 is 1.62 bits per heavy atom. The minimum absolute atomic E-state index is 0.611. The smallest absolute Gasteiger partial charge is 0.0383 e. The molecule has 0 heterocycles.